The molecule has 0 aliphatic heterocycles. The molecule has 2 aromatic carbocycles. The van der Waals surface area contributed by atoms with Gasteiger partial charge >= 0.3 is 0 Å². The van der Waals surface area contributed by atoms with Gasteiger partial charge in [-0.25, -0.2) is 4.84 Å². The monoisotopic (exact) mass is 299 g/mol. The fraction of sp³-hybridized carbons (Fsp3) is 0.167. The third-order valence-electron chi connectivity index (χ3n) is 2.24. The van der Waals surface area contributed by atoms with E-state index in [2.05, 4.69) is 32.9 Å². The average Bonchev–Trinajstić information content (AvgIpc) is 2.29. The Kier molecular flexibility index (Phi) is 4.04. The highest BCUT2D eigenvalue weighted by Crippen LogP contribution is 2.23. The van der Waals surface area contributed by atoms with Gasteiger partial charge in [-0.1, -0.05) is 28.1 Å². The smallest absolute Gasteiger partial charge is 0.120 e. The maximum absolute atomic E-state index is 5.53. The molecule has 84 valence electrons. The number of rotatable bonds is 4. The van der Waals surface area contributed by atoms with Crippen LogP contribution < -0.4 is 9.57 Å². The van der Waals surface area contributed by atoms with Crippen LogP contribution in [0.15, 0.2) is 40.9 Å². The summed E-state index contributed by atoms with van der Waals surface area (Å²) in [5.41, 5.74) is 0. The van der Waals surface area contributed by atoms with Gasteiger partial charge in [0.2, 0.25) is 0 Å². The first-order chi connectivity index (χ1) is 7.79. The van der Waals surface area contributed by atoms with Gasteiger partial charge in [-0.05, 0) is 46.8 Å². The Balaban J connectivity index is 2.20. The van der Waals surface area contributed by atoms with Crippen molar-refractivity contribution < 1.29 is 4.74 Å². The third kappa shape index (κ3) is 2.88. The van der Waals surface area contributed by atoms with E-state index in [9.17, 15) is 0 Å². The van der Waals surface area contributed by atoms with Gasteiger partial charge in [0.15, 0.2) is 0 Å². The second-order valence-corrected chi connectivity index (χ2v) is 4.57. The lowest BCUT2D eigenvalue weighted by atomic mass is 10.1. The topological polar surface area (TPSA) is 21.3 Å². The van der Waals surface area contributed by atoms with E-state index >= 15 is 0 Å². The van der Waals surface area contributed by atoms with Crippen LogP contribution in [0.1, 0.15) is 0 Å². The lowest BCUT2D eigenvalue weighted by molar-refractivity contribution is 0.324. The Bertz CT molecular complexity index is 489. The van der Waals surface area contributed by atoms with Crippen molar-refractivity contribution in [3.63, 3.8) is 0 Å². The first kappa shape index (κ1) is 11.7. The maximum atomic E-state index is 5.53. The molecule has 0 unspecified atom stereocenters. The summed E-state index contributed by atoms with van der Waals surface area (Å²) < 4.78 is 6.61. The molecule has 2 aromatic rings. The molecule has 0 fully saturated rings. The van der Waals surface area contributed by atoms with Gasteiger partial charge in [0.25, 0.3) is 0 Å². The third-order valence-corrected chi connectivity index (χ3v) is 2.92. The second kappa shape index (κ2) is 5.53. The predicted molar refractivity (Wildman–Crippen MR) is 71.0 cm³/mol. The SMILES string of the molecule is ClNCCOc1ccc2cc(Br)ccc2c1. The Morgan fingerprint density at radius 3 is 2.69 bits per heavy atom. The second-order valence-electron chi connectivity index (χ2n) is 3.39. The number of hydrogen-bond acceptors (Lipinski definition) is 2. The molecular weight excluding hydrogens is 289 g/mol. The highest BCUT2D eigenvalue weighted by molar-refractivity contribution is 9.10. The van der Waals surface area contributed by atoms with Crippen LogP contribution >= 0.6 is 27.7 Å². The molecule has 0 spiro atoms. The normalized spacial score (nSPS) is 10.6. The molecule has 0 heterocycles. The Labute approximate surface area is 108 Å². The molecule has 2 rings (SSSR count). The fourth-order valence-electron chi connectivity index (χ4n) is 1.49. The quantitative estimate of drug-likeness (QED) is 0.686. The van der Waals surface area contributed by atoms with Crippen molar-refractivity contribution in [1.29, 1.82) is 0 Å². The minimum absolute atomic E-state index is 0.561. The zero-order valence-corrected chi connectivity index (χ0v) is 10.9. The summed E-state index contributed by atoms with van der Waals surface area (Å²) in [5, 5.41) is 2.36. The molecule has 0 bridgehead atoms. The minimum Gasteiger partial charge on any atom is -0.492 e. The van der Waals surface area contributed by atoms with Crippen molar-refractivity contribution in [3.05, 3.63) is 40.9 Å². The van der Waals surface area contributed by atoms with Gasteiger partial charge in [0.1, 0.15) is 12.4 Å². The van der Waals surface area contributed by atoms with Crippen LogP contribution in [-0.2, 0) is 0 Å². The van der Waals surface area contributed by atoms with E-state index in [0.29, 0.717) is 13.2 Å². The van der Waals surface area contributed by atoms with E-state index < -0.39 is 0 Å². The van der Waals surface area contributed by atoms with E-state index in [1.165, 1.54) is 10.8 Å². The van der Waals surface area contributed by atoms with E-state index in [1.807, 2.05) is 24.3 Å². The lowest BCUT2D eigenvalue weighted by Gasteiger charge is -2.06. The molecule has 0 aliphatic carbocycles. The van der Waals surface area contributed by atoms with Crippen molar-refractivity contribution in [2.24, 2.45) is 0 Å². The minimum atomic E-state index is 0.561. The molecule has 16 heavy (non-hydrogen) atoms. The summed E-state index contributed by atoms with van der Waals surface area (Å²) >= 11 is 8.79. The number of benzene rings is 2. The van der Waals surface area contributed by atoms with Crippen molar-refractivity contribution in [2.45, 2.75) is 0 Å². The highest BCUT2D eigenvalue weighted by atomic mass is 79.9. The summed E-state index contributed by atoms with van der Waals surface area (Å²) in [6, 6.07) is 12.2. The van der Waals surface area contributed by atoms with Crippen LogP contribution in [0.4, 0.5) is 0 Å². The molecule has 0 saturated heterocycles. The van der Waals surface area contributed by atoms with E-state index in [4.69, 9.17) is 16.5 Å². The molecular formula is C12H11BrClNO. The van der Waals surface area contributed by atoms with Gasteiger partial charge in [-0.2, -0.15) is 0 Å². The average molecular weight is 301 g/mol. The molecule has 0 saturated carbocycles. The molecule has 0 atom stereocenters. The first-order valence-electron chi connectivity index (χ1n) is 4.95. The molecule has 1 N–H and O–H groups in total. The van der Waals surface area contributed by atoms with Crippen LogP contribution in [0.25, 0.3) is 10.8 Å². The van der Waals surface area contributed by atoms with E-state index in [0.717, 1.165) is 10.2 Å². The van der Waals surface area contributed by atoms with Crippen molar-refractivity contribution in [3.8, 4) is 5.75 Å². The zero-order valence-electron chi connectivity index (χ0n) is 8.54. The molecule has 4 heteroatoms. The number of ether oxygens (including phenoxy) is 1. The van der Waals surface area contributed by atoms with E-state index in [-0.39, 0.29) is 0 Å². The molecule has 0 amide bonds. The summed E-state index contributed by atoms with van der Waals surface area (Å²) in [4.78, 5) is 2.52. The van der Waals surface area contributed by atoms with Crippen LogP contribution in [0.3, 0.4) is 0 Å². The highest BCUT2D eigenvalue weighted by Gasteiger charge is 1.98. The maximum Gasteiger partial charge on any atom is 0.120 e. The summed E-state index contributed by atoms with van der Waals surface area (Å²) in [6.45, 7) is 1.19. The van der Waals surface area contributed by atoms with Gasteiger partial charge < -0.3 is 4.74 Å². The number of hydrogen-bond donors (Lipinski definition) is 1. The summed E-state index contributed by atoms with van der Waals surface area (Å²) in [6.07, 6.45) is 0. The Morgan fingerprint density at radius 2 is 1.88 bits per heavy atom. The molecule has 2 nitrogen and oxygen atoms in total. The van der Waals surface area contributed by atoms with Crippen molar-refractivity contribution in [2.75, 3.05) is 13.2 Å². The molecule has 0 radical (unpaired) electrons. The number of fused-ring (bicyclic) bond motifs is 1. The first-order valence-corrected chi connectivity index (χ1v) is 6.12. The fourth-order valence-corrected chi connectivity index (χ4v) is 1.95. The molecule has 0 aromatic heterocycles. The van der Waals surface area contributed by atoms with Crippen molar-refractivity contribution in [1.82, 2.24) is 4.84 Å². The van der Waals surface area contributed by atoms with Crippen LogP contribution in [0.2, 0.25) is 0 Å². The number of halogens is 2. The van der Waals surface area contributed by atoms with Gasteiger partial charge in [-0.3, -0.25) is 0 Å². The number of nitrogens with one attached hydrogen (secondary N) is 1. The zero-order chi connectivity index (χ0) is 11.4. The van der Waals surface area contributed by atoms with E-state index in [1.54, 1.807) is 0 Å². The standard InChI is InChI=1S/C12H11BrClNO/c13-11-3-1-10-8-12(16-6-5-15-14)4-2-9(10)7-11/h1-4,7-8,15H,5-6H2. The van der Waals surface area contributed by atoms with Gasteiger partial charge in [-0.15, -0.1) is 0 Å². The lowest BCUT2D eigenvalue weighted by Crippen LogP contribution is -2.11. The summed E-state index contributed by atoms with van der Waals surface area (Å²) in [7, 11) is 0. The largest absolute Gasteiger partial charge is 0.492 e. The molecule has 0 aliphatic rings. The van der Waals surface area contributed by atoms with Crippen LogP contribution in [-0.4, -0.2) is 13.2 Å². The summed E-state index contributed by atoms with van der Waals surface area (Å²) in [5.74, 6) is 0.863. The Morgan fingerprint density at radius 1 is 1.12 bits per heavy atom. The van der Waals surface area contributed by atoms with Crippen LogP contribution in [0, 0.1) is 0 Å². The van der Waals surface area contributed by atoms with Gasteiger partial charge in [0, 0.05) is 11.0 Å². The van der Waals surface area contributed by atoms with Crippen molar-refractivity contribution >= 4 is 38.5 Å². The van der Waals surface area contributed by atoms with Crippen LogP contribution in [0.5, 0.6) is 5.75 Å². The Hall–Kier alpha value is -0.770. The van der Waals surface area contributed by atoms with Gasteiger partial charge in [0.05, 0.1) is 0 Å². The predicted octanol–water partition coefficient (Wildman–Crippen LogP) is 3.72.